The number of benzene rings is 1. The number of nitrogens with one attached hydrogen (secondary N) is 2. The molecule has 3 nitrogen and oxygen atoms in total. The molecule has 1 aromatic carbocycles. The number of hydrogen-bond acceptors (Lipinski definition) is 2. The van der Waals surface area contributed by atoms with Crippen LogP contribution in [0.1, 0.15) is 56.2 Å². The van der Waals surface area contributed by atoms with Crippen LogP contribution in [0.3, 0.4) is 0 Å². The van der Waals surface area contributed by atoms with Crippen LogP contribution < -0.4 is 10.6 Å². The number of piperidine rings is 1. The molecule has 0 aliphatic carbocycles. The summed E-state index contributed by atoms with van der Waals surface area (Å²) in [7, 11) is 0. The van der Waals surface area contributed by atoms with Gasteiger partial charge in [-0.1, -0.05) is 24.3 Å². The molecule has 3 rings (SSSR count). The molecule has 3 unspecified atom stereocenters. The number of halogens is 1. The van der Waals surface area contributed by atoms with Crippen LogP contribution in [0.25, 0.3) is 0 Å². The second-order valence-electron chi connectivity index (χ2n) is 6.83. The van der Waals surface area contributed by atoms with E-state index in [0.29, 0.717) is 24.4 Å². The van der Waals surface area contributed by atoms with Crippen LogP contribution in [0, 0.1) is 12.8 Å². The SMILES string of the molecule is Cc1ccccc1C(C)NC(=O)CC1CC2CCC(C1)N2.Cl. The maximum Gasteiger partial charge on any atom is 0.220 e. The van der Waals surface area contributed by atoms with Gasteiger partial charge in [0.05, 0.1) is 6.04 Å². The van der Waals surface area contributed by atoms with Crippen molar-refractivity contribution < 1.29 is 4.79 Å². The van der Waals surface area contributed by atoms with Gasteiger partial charge >= 0.3 is 0 Å². The quantitative estimate of drug-likeness (QED) is 0.890. The van der Waals surface area contributed by atoms with E-state index in [1.165, 1.54) is 36.8 Å². The van der Waals surface area contributed by atoms with Crippen molar-refractivity contribution in [3.05, 3.63) is 35.4 Å². The number of carbonyl (C=O) groups excluding carboxylic acids is 1. The normalized spacial score (nSPS) is 27.8. The maximum absolute atomic E-state index is 12.3. The Morgan fingerprint density at radius 2 is 1.91 bits per heavy atom. The minimum Gasteiger partial charge on any atom is -0.350 e. The summed E-state index contributed by atoms with van der Waals surface area (Å²) in [6, 6.07) is 9.70. The molecule has 1 amide bonds. The zero-order valence-corrected chi connectivity index (χ0v) is 14.3. The molecule has 2 aliphatic rings. The van der Waals surface area contributed by atoms with E-state index in [1.54, 1.807) is 0 Å². The molecule has 0 radical (unpaired) electrons. The Kier molecular flexibility index (Phi) is 5.87. The molecule has 3 atom stereocenters. The molecule has 2 aliphatic heterocycles. The van der Waals surface area contributed by atoms with Gasteiger partial charge in [-0.25, -0.2) is 0 Å². The first-order chi connectivity index (χ1) is 10.1. The Hall–Kier alpha value is -1.06. The van der Waals surface area contributed by atoms with E-state index < -0.39 is 0 Å². The summed E-state index contributed by atoms with van der Waals surface area (Å²) >= 11 is 0. The lowest BCUT2D eigenvalue weighted by Crippen LogP contribution is -2.40. The summed E-state index contributed by atoms with van der Waals surface area (Å²) in [6.45, 7) is 4.18. The van der Waals surface area contributed by atoms with Crippen LogP contribution in [0.5, 0.6) is 0 Å². The number of amides is 1. The second-order valence-corrected chi connectivity index (χ2v) is 6.83. The average molecular weight is 323 g/mol. The zero-order valence-electron chi connectivity index (χ0n) is 13.5. The number of carbonyl (C=O) groups is 1. The first-order valence-electron chi connectivity index (χ1n) is 8.22. The zero-order chi connectivity index (χ0) is 14.8. The standard InChI is InChI=1S/C18H26N2O.ClH/c1-12-5-3-4-6-17(12)13(2)19-18(21)11-14-9-15-7-8-16(10-14)20-15;/h3-6,13-16,20H,7-11H2,1-2H3,(H,19,21);1H. The summed E-state index contributed by atoms with van der Waals surface area (Å²) in [5.74, 6) is 0.768. The van der Waals surface area contributed by atoms with Gasteiger partial charge in [0.2, 0.25) is 5.91 Å². The van der Waals surface area contributed by atoms with Gasteiger partial charge in [-0.05, 0) is 56.6 Å². The Bertz CT molecular complexity index is 508. The number of hydrogen-bond donors (Lipinski definition) is 2. The third kappa shape index (κ3) is 4.02. The third-order valence-corrected chi connectivity index (χ3v) is 5.08. The van der Waals surface area contributed by atoms with Crippen molar-refractivity contribution in [3.63, 3.8) is 0 Å². The molecule has 2 saturated heterocycles. The van der Waals surface area contributed by atoms with Gasteiger partial charge in [0.15, 0.2) is 0 Å². The lowest BCUT2D eigenvalue weighted by molar-refractivity contribution is -0.122. The predicted octanol–water partition coefficient (Wildman–Crippen LogP) is 3.51. The van der Waals surface area contributed by atoms with Crippen LogP contribution in [-0.2, 0) is 4.79 Å². The molecule has 0 spiro atoms. The molecular weight excluding hydrogens is 296 g/mol. The minimum atomic E-state index is 0. The van der Waals surface area contributed by atoms with Crippen LogP contribution in [0.2, 0.25) is 0 Å². The Morgan fingerprint density at radius 1 is 1.27 bits per heavy atom. The van der Waals surface area contributed by atoms with E-state index in [1.807, 2.05) is 12.1 Å². The molecule has 2 N–H and O–H groups in total. The smallest absolute Gasteiger partial charge is 0.220 e. The highest BCUT2D eigenvalue weighted by molar-refractivity contribution is 5.85. The highest BCUT2D eigenvalue weighted by atomic mass is 35.5. The average Bonchev–Trinajstić information content (AvgIpc) is 2.78. The van der Waals surface area contributed by atoms with Gasteiger partial charge in [-0.15, -0.1) is 12.4 Å². The number of fused-ring (bicyclic) bond motifs is 2. The minimum absolute atomic E-state index is 0. The van der Waals surface area contributed by atoms with E-state index in [9.17, 15) is 4.79 Å². The number of rotatable bonds is 4. The highest BCUT2D eigenvalue weighted by Crippen LogP contribution is 2.32. The molecule has 2 heterocycles. The molecule has 122 valence electrons. The summed E-state index contributed by atoms with van der Waals surface area (Å²) in [6.07, 6.45) is 5.61. The Morgan fingerprint density at radius 3 is 2.55 bits per heavy atom. The molecule has 22 heavy (non-hydrogen) atoms. The van der Waals surface area contributed by atoms with Crippen molar-refractivity contribution in [2.24, 2.45) is 5.92 Å². The molecular formula is C18H27ClN2O. The van der Waals surface area contributed by atoms with Gasteiger partial charge in [0.1, 0.15) is 0 Å². The van der Waals surface area contributed by atoms with E-state index in [4.69, 9.17) is 0 Å². The molecule has 4 heteroatoms. The van der Waals surface area contributed by atoms with Crippen LogP contribution in [0.15, 0.2) is 24.3 Å². The van der Waals surface area contributed by atoms with Crippen molar-refractivity contribution in [1.82, 2.24) is 10.6 Å². The van der Waals surface area contributed by atoms with Crippen molar-refractivity contribution in [1.29, 1.82) is 0 Å². The topological polar surface area (TPSA) is 41.1 Å². The molecule has 0 saturated carbocycles. The first-order valence-corrected chi connectivity index (χ1v) is 8.22. The van der Waals surface area contributed by atoms with E-state index in [0.717, 1.165) is 0 Å². The van der Waals surface area contributed by atoms with E-state index in [-0.39, 0.29) is 24.4 Å². The maximum atomic E-state index is 12.3. The van der Waals surface area contributed by atoms with Crippen LogP contribution >= 0.6 is 12.4 Å². The fourth-order valence-corrected chi connectivity index (χ4v) is 4.05. The van der Waals surface area contributed by atoms with Crippen LogP contribution in [0.4, 0.5) is 0 Å². The van der Waals surface area contributed by atoms with Crippen LogP contribution in [-0.4, -0.2) is 18.0 Å². The first kappa shape index (κ1) is 17.3. The van der Waals surface area contributed by atoms with Crippen molar-refractivity contribution in [3.8, 4) is 0 Å². The molecule has 2 fully saturated rings. The van der Waals surface area contributed by atoms with Gasteiger partial charge in [-0.3, -0.25) is 4.79 Å². The fourth-order valence-electron chi connectivity index (χ4n) is 4.05. The largest absolute Gasteiger partial charge is 0.350 e. The molecule has 1 aromatic rings. The Balaban J connectivity index is 0.00000176. The molecule has 2 bridgehead atoms. The van der Waals surface area contributed by atoms with Gasteiger partial charge < -0.3 is 10.6 Å². The van der Waals surface area contributed by atoms with Crippen molar-refractivity contribution in [2.45, 2.75) is 64.1 Å². The van der Waals surface area contributed by atoms with Gasteiger partial charge in [0, 0.05) is 18.5 Å². The van der Waals surface area contributed by atoms with E-state index in [2.05, 4.69) is 36.6 Å². The lowest BCUT2D eigenvalue weighted by Gasteiger charge is -2.29. The second kappa shape index (κ2) is 7.47. The highest BCUT2D eigenvalue weighted by Gasteiger charge is 2.34. The summed E-state index contributed by atoms with van der Waals surface area (Å²) in [4.78, 5) is 12.3. The number of aryl methyl sites for hydroxylation is 1. The third-order valence-electron chi connectivity index (χ3n) is 5.08. The lowest BCUT2D eigenvalue weighted by atomic mass is 9.89. The van der Waals surface area contributed by atoms with Crippen molar-refractivity contribution >= 4 is 18.3 Å². The fraction of sp³-hybridized carbons (Fsp3) is 0.611. The van der Waals surface area contributed by atoms with Crippen molar-refractivity contribution in [2.75, 3.05) is 0 Å². The summed E-state index contributed by atoms with van der Waals surface area (Å²) in [5, 5.41) is 6.81. The summed E-state index contributed by atoms with van der Waals surface area (Å²) in [5.41, 5.74) is 2.46. The van der Waals surface area contributed by atoms with E-state index >= 15 is 0 Å². The molecule has 0 aromatic heterocycles. The monoisotopic (exact) mass is 322 g/mol. The predicted molar refractivity (Wildman–Crippen MR) is 92.3 cm³/mol. The van der Waals surface area contributed by atoms with Gasteiger partial charge in [-0.2, -0.15) is 0 Å². The van der Waals surface area contributed by atoms with Gasteiger partial charge in [0.25, 0.3) is 0 Å². The summed E-state index contributed by atoms with van der Waals surface area (Å²) < 4.78 is 0. The Labute approximate surface area is 139 Å².